The van der Waals surface area contributed by atoms with Gasteiger partial charge in [-0.3, -0.25) is 9.78 Å². The Morgan fingerprint density at radius 2 is 1.92 bits per heavy atom. The van der Waals surface area contributed by atoms with Gasteiger partial charge in [0.1, 0.15) is 17.1 Å². The average Bonchev–Trinajstić information content (AvgIpc) is 2.90. The van der Waals surface area contributed by atoms with Gasteiger partial charge in [0.05, 0.1) is 5.56 Å². The number of aryl methyl sites for hydroxylation is 1. The molecule has 0 N–H and O–H groups in total. The van der Waals surface area contributed by atoms with Crippen LogP contribution in [-0.4, -0.2) is 35.5 Å². The second-order valence-corrected chi connectivity index (χ2v) is 12.0. The topological polar surface area (TPSA) is 51.7 Å². The molecule has 0 radical (unpaired) electrons. The minimum absolute atomic E-state index is 0.161. The first-order chi connectivity index (χ1) is 18.4. The van der Waals surface area contributed by atoms with E-state index in [0.29, 0.717) is 18.1 Å². The summed E-state index contributed by atoms with van der Waals surface area (Å²) < 4.78 is 12.6. The molecular weight excluding hydrogens is 472 g/mol. The van der Waals surface area contributed by atoms with Crippen LogP contribution in [0.2, 0.25) is 0 Å². The lowest BCUT2D eigenvalue weighted by Gasteiger charge is -2.35. The van der Waals surface area contributed by atoms with E-state index in [0.717, 1.165) is 54.7 Å². The fourth-order valence-corrected chi connectivity index (χ4v) is 5.93. The Kier molecular flexibility index (Phi) is 10.2. The Labute approximate surface area is 230 Å². The molecule has 0 amide bonds. The van der Waals surface area contributed by atoms with E-state index in [1.165, 1.54) is 63.6 Å². The third-order valence-corrected chi connectivity index (χ3v) is 8.23. The number of carbonyl (C=O) groups excluding carboxylic acids is 1. The minimum atomic E-state index is -0.479. The van der Waals surface area contributed by atoms with Gasteiger partial charge in [0.25, 0.3) is 0 Å². The van der Waals surface area contributed by atoms with E-state index in [-0.39, 0.29) is 5.97 Å². The molecule has 0 aliphatic carbocycles. The summed E-state index contributed by atoms with van der Waals surface area (Å²) >= 11 is 0. The minimum Gasteiger partial charge on any atom is -0.482 e. The lowest BCUT2D eigenvalue weighted by atomic mass is 9.86. The highest BCUT2D eigenvalue weighted by molar-refractivity contribution is 5.84. The molecule has 1 aromatic carbocycles. The molecule has 1 saturated heterocycles. The maximum Gasteiger partial charge on any atom is 0.311 e. The Bertz CT molecular complexity index is 1060. The standard InChI is InChI=1S/C33H48N2O3/c1-5-6-8-13-25(2)15-16-26-22-29(37-31(36)14-9-12-21-35-19-10-7-11-20-35)32-27-24-34-18-17-28(27)33(3,4)38-30(32)23-26/h17-18,22-25H,5-16,19-21H2,1-4H3. The third kappa shape index (κ3) is 7.59. The summed E-state index contributed by atoms with van der Waals surface area (Å²) in [5.41, 5.74) is 3.60. The number of piperidine rings is 1. The van der Waals surface area contributed by atoms with E-state index in [9.17, 15) is 4.79 Å². The number of esters is 1. The van der Waals surface area contributed by atoms with E-state index >= 15 is 0 Å². The quantitative estimate of drug-likeness (QED) is 0.152. The second kappa shape index (κ2) is 13.6. The number of carbonyl (C=O) groups is 1. The molecule has 2 aliphatic heterocycles. The van der Waals surface area contributed by atoms with E-state index in [1.807, 2.05) is 12.3 Å². The molecule has 0 spiro atoms. The molecule has 2 aromatic rings. The van der Waals surface area contributed by atoms with Gasteiger partial charge < -0.3 is 14.4 Å². The van der Waals surface area contributed by atoms with Crippen molar-refractivity contribution in [1.29, 1.82) is 0 Å². The van der Waals surface area contributed by atoms with Crippen LogP contribution >= 0.6 is 0 Å². The summed E-state index contributed by atoms with van der Waals surface area (Å²) in [6.45, 7) is 12.3. The number of hydrogen-bond acceptors (Lipinski definition) is 5. The molecular formula is C33H48N2O3. The van der Waals surface area contributed by atoms with E-state index < -0.39 is 5.60 Å². The molecule has 0 bridgehead atoms. The zero-order chi connectivity index (χ0) is 27.0. The zero-order valence-corrected chi connectivity index (χ0v) is 24.2. The number of rotatable bonds is 13. The van der Waals surface area contributed by atoms with Gasteiger partial charge in [0.2, 0.25) is 0 Å². The third-order valence-electron chi connectivity index (χ3n) is 8.23. The van der Waals surface area contributed by atoms with Crippen LogP contribution in [0, 0.1) is 5.92 Å². The first-order valence-corrected chi connectivity index (χ1v) is 15.1. The smallest absolute Gasteiger partial charge is 0.311 e. The lowest BCUT2D eigenvalue weighted by Crippen LogP contribution is -2.30. The highest BCUT2D eigenvalue weighted by atomic mass is 16.5. The molecule has 5 nitrogen and oxygen atoms in total. The molecule has 38 heavy (non-hydrogen) atoms. The van der Waals surface area contributed by atoms with Crippen molar-refractivity contribution in [2.75, 3.05) is 19.6 Å². The predicted octanol–water partition coefficient (Wildman–Crippen LogP) is 8.09. The van der Waals surface area contributed by atoms with Crippen molar-refractivity contribution >= 4 is 5.97 Å². The molecule has 208 valence electrons. The predicted molar refractivity (Wildman–Crippen MR) is 155 cm³/mol. The van der Waals surface area contributed by atoms with Crippen molar-refractivity contribution < 1.29 is 14.3 Å². The Hall–Kier alpha value is -2.40. The van der Waals surface area contributed by atoms with Gasteiger partial charge in [-0.1, -0.05) is 46.0 Å². The van der Waals surface area contributed by atoms with E-state index in [2.05, 4.69) is 49.7 Å². The maximum absolute atomic E-state index is 13.0. The van der Waals surface area contributed by atoms with Gasteiger partial charge >= 0.3 is 5.97 Å². The van der Waals surface area contributed by atoms with Gasteiger partial charge in [0, 0.05) is 29.9 Å². The first-order valence-electron chi connectivity index (χ1n) is 15.1. The SMILES string of the molecule is CCCCCC(C)CCc1cc(OC(=O)CCCCN2CCCCC2)c2c(c1)OC(C)(C)c1ccncc1-2. The van der Waals surface area contributed by atoms with Crippen LogP contribution in [0.5, 0.6) is 11.5 Å². The Morgan fingerprint density at radius 1 is 1.11 bits per heavy atom. The van der Waals surface area contributed by atoms with Crippen LogP contribution in [-0.2, 0) is 16.8 Å². The number of benzene rings is 1. The molecule has 1 atom stereocenters. The van der Waals surface area contributed by atoms with Crippen LogP contribution in [0.1, 0.15) is 109 Å². The van der Waals surface area contributed by atoms with Gasteiger partial charge in [-0.2, -0.15) is 0 Å². The van der Waals surface area contributed by atoms with Gasteiger partial charge in [-0.25, -0.2) is 0 Å². The number of unbranched alkanes of at least 4 members (excludes halogenated alkanes) is 3. The van der Waals surface area contributed by atoms with Gasteiger partial charge in [0.15, 0.2) is 0 Å². The fraction of sp³-hybridized carbons (Fsp3) is 0.636. The monoisotopic (exact) mass is 520 g/mol. The summed E-state index contributed by atoms with van der Waals surface area (Å²) in [6.07, 6.45) is 17.2. The summed E-state index contributed by atoms with van der Waals surface area (Å²) in [7, 11) is 0. The van der Waals surface area contributed by atoms with Crippen LogP contribution in [0.25, 0.3) is 11.1 Å². The van der Waals surface area contributed by atoms with Crippen molar-refractivity contribution in [2.24, 2.45) is 5.92 Å². The normalized spacial score (nSPS) is 17.3. The maximum atomic E-state index is 13.0. The number of pyridine rings is 1. The van der Waals surface area contributed by atoms with Crippen LogP contribution in [0.3, 0.4) is 0 Å². The van der Waals surface area contributed by atoms with Crippen molar-refractivity contribution in [3.05, 3.63) is 41.7 Å². The average molecular weight is 521 g/mol. The van der Waals surface area contributed by atoms with E-state index in [1.54, 1.807) is 6.20 Å². The number of ether oxygens (including phenoxy) is 2. The summed E-state index contributed by atoms with van der Waals surface area (Å²) in [6, 6.07) is 6.24. The van der Waals surface area contributed by atoms with Crippen LogP contribution < -0.4 is 9.47 Å². The number of hydrogen-bond donors (Lipinski definition) is 0. The number of fused-ring (bicyclic) bond motifs is 3. The fourth-order valence-electron chi connectivity index (χ4n) is 5.93. The summed E-state index contributed by atoms with van der Waals surface area (Å²) in [5.74, 6) is 1.92. The van der Waals surface area contributed by atoms with Crippen LogP contribution in [0.4, 0.5) is 0 Å². The molecule has 0 saturated carbocycles. The Balaban J connectivity index is 1.48. The zero-order valence-electron chi connectivity index (χ0n) is 24.2. The lowest BCUT2D eigenvalue weighted by molar-refractivity contribution is -0.134. The highest BCUT2D eigenvalue weighted by Crippen LogP contribution is 2.49. The van der Waals surface area contributed by atoms with Crippen LogP contribution in [0.15, 0.2) is 30.6 Å². The number of aromatic nitrogens is 1. The molecule has 1 unspecified atom stereocenters. The Morgan fingerprint density at radius 3 is 2.71 bits per heavy atom. The first kappa shape index (κ1) is 28.6. The molecule has 5 heteroatoms. The molecule has 1 aromatic heterocycles. The molecule has 4 rings (SSSR count). The van der Waals surface area contributed by atoms with Gasteiger partial charge in [-0.15, -0.1) is 0 Å². The number of likely N-dealkylation sites (tertiary alicyclic amines) is 1. The molecule has 3 heterocycles. The van der Waals surface area contributed by atoms with Gasteiger partial charge in [-0.05, 0) is 102 Å². The van der Waals surface area contributed by atoms with Crippen molar-refractivity contribution in [3.8, 4) is 22.6 Å². The van der Waals surface area contributed by atoms with Crippen molar-refractivity contribution in [2.45, 2.75) is 110 Å². The molecule has 2 aliphatic rings. The second-order valence-electron chi connectivity index (χ2n) is 12.0. The number of nitrogens with zero attached hydrogens (tertiary/aromatic N) is 2. The van der Waals surface area contributed by atoms with E-state index in [4.69, 9.17) is 9.47 Å². The van der Waals surface area contributed by atoms with Crippen molar-refractivity contribution in [3.63, 3.8) is 0 Å². The summed E-state index contributed by atoms with van der Waals surface area (Å²) in [5, 5.41) is 0. The van der Waals surface area contributed by atoms with Crippen molar-refractivity contribution in [1.82, 2.24) is 9.88 Å². The highest BCUT2D eigenvalue weighted by Gasteiger charge is 2.35. The largest absolute Gasteiger partial charge is 0.482 e. The summed E-state index contributed by atoms with van der Waals surface area (Å²) in [4.78, 5) is 20.0. The molecule has 1 fully saturated rings.